The Morgan fingerprint density at radius 1 is 1.14 bits per heavy atom. The highest BCUT2D eigenvalue weighted by Gasteiger charge is 2.40. The van der Waals surface area contributed by atoms with E-state index in [1.807, 2.05) is 12.1 Å². The van der Waals surface area contributed by atoms with Crippen LogP contribution in [0.25, 0.3) is 10.9 Å². The van der Waals surface area contributed by atoms with Crippen molar-refractivity contribution < 1.29 is 18.3 Å². The van der Waals surface area contributed by atoms with Gasteiger partial charge in [-0.1, -0.05) is 40.2 Å². The molecule has 1 aliphatic heterocycles. The Morgan fingerprint density at radius 2 is 1.92 bits per heavy atom. The summed E-state index contributed by atoms with van der Waals surface area (Å²) in [6.45, 7) is 12.0. The van der Waals surface area contributed by atoms with Gasteiger partial charge in [-0.05, 0) is 48.8 Å². The number of aromatic nitrogens is 2. The first kappa shape index (κ1) is 26.6. The fraction of sp³-hybridized carbons (Fsp3) is 0.448. The van der Waals surface area contributed by atoms with E-state index in [0.717, 1.165) is 49.7 Å². The maximum Gasteiger partial charge on any atom is 0.192 e. The molecule has 0 saturated carbocycles. The van der Waals surface area contributed by atoms with Gasteiger partial charge in [-0.2, -0.15) is 0 Å². The van der Waals surface area contributed by atoms with Crippen molar-refractivity contribution in [2.75, 3.05) is 31.0 Å². The van der Waals surface area contributed by atoms with Crippen molar-refractivity contribution in [3.63, 3.8) is 0 Å². The van der Waals surface area contributed by atoms with E-state index in [1.165, 1.54) is 25.9 Å². The monoisotopic (exact) mass is 510 g/mol. The topological polar surface area (TPSA) is 59.5 Å². The van der Waals surface area contributed by atoms with Crippen LogP contribution in [0.3, 0.4) is 0 Å². The molecule has 0 bridgehead atoms. The van der Waals surface area contributed by atoms with E-state index >= 15 is 0 Å². The molecule has 2 aromatic carbocycles. The predicted molar refractivity (Wildman–Crippen MR) is 145 cm³/mol. The van der Waals surface area contributed by atoms with Crippen molar-refractivity contribution >= 4 is 28.1 Å². The first-order valence-corrected chi connectivity index (χ1v) is 12.8. The number of hydrogen-bond acceptors (Lipinski definition) is 6. The lowest BCUT2D eigenvalue weighted by molar-refractivity contribution is 0.254. The van der Waals surface area contributed by atoms with Crippen LogP contribution in [0.5, 0.6) is 11.5 Å². The quantitative estimate of drug-likeness (QED) is 0.303. The third-order valence-electron chi connectivity index (χ3n) is 7.22. The Bertz CT molecular complexity index is 1300. The zero-order valence-corrected chi connectivity index (χ0v) is 22.3. The summed E-state index contributed by atoms with van der Waals surface area (Å²) < 4.78 is 39.5. The van der Waals surface area contributed by atoms with Crippen molar-refractivity contribution in [1.29, 1.82) is 0 Å². The second-order valence-electron chi connectivity index (χ2n) is 10.3. The molecule has 0 aliphatic carbocycles. The molecule has 1 atom stereocenters. The number of halogens is 2. The summed E-state index contributed by atoms with van der Waals surface area (Å²) in [7, 11) is 2.87. The number of nitrogens with zero attached hydrogens (tertiary/aromatic N) is 3. The molecular formula is C29H36F2N4O2. The smallest absolute Gasteiger partial charge is 0.192 e. The molecule has 3 aromatic rings. The van der Waals surface area contributed by atoms with Crippen LogP contribution >= 0.6 is 0 Å². The summed E-state index contributed by atoms with van der Waals surface area (Å²) >= 11 is 0. The normalized spacial score (nSPS) is 17.6. The summed E-state index contributed by atoms with van der Waals surface area (Å²) in [5.74, 6) is -0.332. The van der Waals surface area contributed by atoms with E-state index in [-0.39, 0.29) is 11.1 Å². The Hall–Kier alpha value is -3.42. The van der Waals surface area contributed by atoms with E-state index in [4.69, 9.17) is 9.47 Å². The van der Waals surface area contributed by atoms with Gasteiger partial charge in [0.05, 0.1) is 31.1 Å². The molecule has 4 rings (SSSR count). The summed E-state index contributed by atoms with van der Waals surface area (Å²) in [5.41, 5.74) is 2.78. The lowest BCUT2D eigenvalue weighted by atomic mass is 9.76. The molecule has 1 aromatic heterocycles. The Morgan fingerprint density at radius 3 is 2.59 bits per heavy atom. The number of hydrogen-bond donors (Lipinski definition) is 1. The van der Waals surface area contributed by atoms with Crippen molar-refractivity contribution in [1.82, 2.24) is 9.97 Å². The number of fused-ring (bicyclic) bond motifs is 1. The zero-order valence-electron chi connectivity index (χ0n) is 22.3. The molecule has 1 fully saturated rings. The summed E-state index contributed by atoms with van der Waals surface area (Å²) in [6, 6.07) is 6.30. The molecule has 8 heteroatoms. The largest absolute Gasteiger partial charge is 0.494 e. The van der Waals surface area contributed by atoms with Gasteiger partial charge in [0.15, 0.2) is 17.4 Å². The number of methoxy groups -OCH3 is 2. The molecule has 1 aliphatic rings. The molecule has 6 nitrogen and oxygen atoms in total. The highest BCUT2D eigenvalue weighted by molar-refractivity contribution is 5.95. The van der Waals surface area contributed by atoms with E-state index in [9.17, 15) is 8.78 Å². The average molecular weight is 511 g/mol. The van der Waals surface area contributed by atoms with Gasteiger partial charge in [0.2, 0.25) is 0 Å². The van der Waals surface area contributed by atoms with Crippen LogP contribution < -0.4 is 19.7 Å². The van der Waals surface area contributed by atoms with Gasteiger partial charge in [0.25, 0.3) is 0 Å². The lowest BCUT2D eigenvalue weighted by Gasteiger charge is -2.30. The number of rotatable bonds is 10. The van der Waals surface area contributed by atoms with Crippen LogP contribution in [0, 0.1) is 23.0 Å². The molecule has 0 radical (unpaired) electrons. The predicted octanol–water partition coefficient (Wildman–Crippen LogP) is 7.62. The van der Waals surface area contributed by atoms with Crippen molar-refractivity contribution in [2.24, 2.45) is 11.3 Å². The van der Waals surface area contributed by atoms with Gasteiger partial charge >= 0.3 is 0 Å². The Balaban J connectivity index is 1.75. The van der Waals surface area contributed by atoms with Crippen LogP contribution in [0.1, 0.15) is 52.9 Å². The van der Waals surface area contributed by atoms with Crippen molar-refractivity contribution in [2.45, 2.75) is 52.9 Å². The van der Waals surface area contributed by atoms with Crippen LogP contribution in [-0.2, 0) is 0 Å². The molecule has 0 spiro atoms. The molecule has 1 N–H and O–H groups in total. The van der Waals surface area contributed by atoms with Crippen LogP contribution in [0.15, 0.2) is 42.9 Å². The van der Waals surface area contributed by atoms with Crippen molar-refractivity contribution in [3.8, 4) is 11.5 Å². The van der Waals surface area contributed by atoms with Gasteiger partial charge in [-0.3, -0.25) is 0 Å². The number of benzene rings is 2. The van der Waals surface area contributed by atoms with Crippen LogP contribution in [0.2, 0.25) is 0 Å². The maximum absolute atomic E-state index is 14.9. The fourth-order valence-electron chi connectivity index (χ4n) is 5.36. The van der Waals surface area contributed by atoms with Gasteiger partial charge in [0, 0.05) is 23.7 Å². The van der Waals surface area contributed by atoms with Gasteiger partial charge in [-0.25, -0.2) is 18.7 Å². The number of anilines is 3. The van der Waals surface area contributed by atoms with Gasteiger partial charge < -0.3 is 19.7 Å². The Kier molecular flexibility index (Phi) is 7.85. The Labute approximate surface area is 217 Å². The average Bonchev–Trinajstić information content (AvgIpc) is 3.20. The fourth-order valence-corrected chi connectivity index (χ4v) is 5.36. The SMILES string of the molecule is C=C1CC(CCC)(CCC(C)C)CN1c1cc2c(Nc3ccc(F)c(OC)c3F)ncnc2cc1OC. The third-order valence-corrected chi connectivity index (χ3v) is 7.22. The summed E-state index contributed by atoms with van der Waals surface area (Å²) in [5, 5.41) is 3.68. The van der Waals surface area contributed by atoms with Crippen LogP contribution in [-0.4, -0.2) is 30.7 Å². The first-order chi connectivity index (χ1) is 17.7. The van der Waals surface area contributed by atoms with Gasteiger partial charge in [0.1, 0.15) is 17.9 Å². The van der Waals surface area contributed by atoms with E-state index < -0.39 is 17.4 Å². The van der Waals surface area contributed by atoms with Crippen LogP contribution in [0.4, 0.5) is 26.0 Å². The summed E-state index contributed by atoms with van der Waals surface area (Å²) in [4.78, 5) is 11.0. The third kappa shape index (κ3) is 5.33. The lowest BCUT2D eigenvalue weighted by Crippen LogP contribution is -2.27. The first-order valence-electron chi connectivity index (χ1n) is 12.8. The molecule has 2 heterocycles. The van der Waals surface area contributed by atoms with Crippen molar-refractivity contribution in [3.05, 3.63) is 54.5 Å². The minimum absolute atomic E-state index is 0.0526. The second kappa shape index (κ2) is 10.9. The highest BCUT2D eigenvalue weighted by atomic mass is 19.1. The molecule has 1 unspecified atom stereocenters. The molecule has 198 valence electrons. The highest BCUT2D eigenvalue weighted by Crippen LogP contribution is 2.49. The van der Waals surface area contributed by atoms with E-state index in [1.54, 1.807) is 7.11 Å². The number of nitrogens with one attached hydrogen (secondary N) is 1. The minimum Gasteiger partial charge on any atom is -0.494 e. The number of ether oxygens (including phenoxy) is 2. The summed E-state index contributed by atoms with van der Waals surface area (Å²) in [6.07, 6.45) is 6.90. The standard InChI is InChI=1S/C29H36F2N4O2/c1-7-11-29(12-10-18(2)3)15-19(4)35(16-29)24-13-20-23(14-25(24)36-5)32-17-33-28(20)34-22-9-8-21(30)27(37-6)26(22)31/h8-9,13-14,17-18H,4,7,10-12,15-16H2,1-3,5-6H3,(H,32,33,34). The molecular weight excluding hydrogens is 474 g/mol. The van der Waals surface area contributed by atoms with E-state index in [2.05, 4.69) is 47.5 Å². The van der Waals surface area contributed by atoms with E-state index in [0.29, 0.717) is 28.4 Å². The molecule has 1 saturated heterocycles. The second-order valence-corrected chi connectivity index (χ2v) is 10.3. The zero-order chi connectivity index (χ0) is 26.7. The minimum atomic E-state index is -0.828. The number of allylic oxidation sites excluding steroid dienone is 1. The molecule has 37 heavy (non-hydrogen) atoms. The molecule has 0 amide bonds. The maximum atomic E-state index is 14.9. The van der Waals surface area contributed by atoms with Gasteiger partial charge in [-0.15, -0.1) is 0 Å².